The van der Waals surface area contributed by atoms with Gasteiger partial charge in [-0.3, -0.25) is 9.59 Å². The molecule has 2 rings (SSSR count). The molecular formula is C23H36N2O5. The van der Waals surface area contributed by atoms with Crippen molar-refractivity contribution in [3.05, 3.63) is 17.7 Å². The predicted molar refractivity (Wildman–Crippen MR) is 116 cm³/mol. The van der Waals surface area contributed by atoms with Crippen LogP contribution in [0.4, 0.5) is 0 Å². The van der Waals surface area contributed by atoms with E-state index in [1.807, 2.05) is 44.7 Å². The van der Waals surface area contributed by atoms with Gasteiger partial charge in [-0.2, -0.15) is 0 Å². The topological polar surface area (TPSA) is 68.3 Å². The van der Waals surface area contributed by atoms with E-state index in [1.165, 1.54) is 0 Å². The van der Waals surface area contributed by atoms with Crippen LogP contribution in [0.15, 0.2) is 12.1 Å². The lowest BCUT2D eigenvalue weighted by molar-refractivity contribution is -0.135. The highest BCUT2D eigenvalue weighted by atomic mass is 16.5. The van der Waals surface area contributed by atoms with Crippen molar-refractivity contribution in [2.45, 2.75) is 40.0 Å². The second kappa shape index (κ2) is 9.58. The first-order chi connectivity index (χ1) is 14.1. The Kier molecular flexibility index (Phi) is 7.61. The molecule has 0 radical (unpaired) electrons. The maximum atomic E-state index is 13.1. The van der Waals surface area contributed by atoms with Crippen LogP contribution in [0.2, 0.25) is 0 Å². The van der Waals surface area contributed by atoms with Crippen molar-refractivity contribution in [3.8, 4) is 17.2 Å². The lowest BCUT2D eigenvalue weighted by Gasteiger charge is -2.24. The minimum absolute atomic E-state index is 0.0438. The minimum Gasteiger partial charge on any atom is -0.493 e. The Morgan fingerprint density at radius 3 is 2.07 bits per heavy atom. The Labute approximate surface area is 180 Å². The Morgan fingerprint density at radius 1 is 1.07 bits per heavy atom. The SMILES string of the molecule is CCN(C)C(=O)[C@H]1CN(C(=O)CC(C)(C)C)C[C@@H]1c1cc(OC)c(OC)c(OC)c1. The maximum absolute atomic E-state index is 13.1. The molecular weight excluding hydrogens is 384 g/mol. The number of likely N-dealkylation sites (tertiary alicyclic amines) is 1. The van der Waals surface area contributed by atoms with Gasteiger partial charge in [-0.1, -0.05) is 20.8 Å². The second-order valence-electron chi connectivity index (χ2n) is 9.06. The van der Waals surface area contributed by atoms with Gasteiger partial charge in [0.15, 0.2) is 11.5 Å². The molecule has 0 aromatic heterocycles. The van der Waals surface area contributed by atoms with Crippen molar-refractivity contribution in [3.63, 3.8) is 0 Å². The molecule has 0 N–H and O–H groups in total. The van der Waals surface area contributed by atoms with E-state index in [1.54, 1.807) is 33.3 Å². The van der Waals surface area contributed by atoms with Crippen LogP contribution < -0.4 is 14.2 Å². The number of hydrogen-bond acceptors (Lipinski definition) is 5. The fourth-order valence-electron chi connectivity index (χ4n) is 3.92. The molecule has 0 spiro atoms. The highest BCUT2D eigenvalue weighted by Gasteiger charge is 2.42. The third kappa shape index (κ3) is 5.18. The van der Waals surface area contributed by atoms with E-state index in [0.717, 1.165) is 5.56 Å². The van der Waals surface area contributed by atoms with Gasteiger partial charge in [-0.15, -0.1) is 0 Å². The molecule has 0 unspecified atom stereocenters. The summed E-state index contributed by atoms with van der Waals surface area (Å²) in [5, 5.41) is 0. The van der Waals surface area contributed by atoms with Gasteiger partial charge < -0.3 is 24.0 Å². The average molecular weight is 421 g/mol. The van der Waals surface area contributed by atoms with Gasteiger partial charge in [-0.05, 0) is 30.0 Å². The van der Waals surface area contributed by atoms with Crippen molar-refractivity contribution in [2.24, 2.45) is 11.3 Å². The van der Waals surface area contributed by atoms with Gasteiger partial charge in [0.2, 0.25) is 17.6 Å². The first-order valence-corrected chi connectivity index (χ1v) is 10.4. The first kappa shape index (κ1) is 23.8. The smallest absolute Gasteiger partial charge is 0.227 e. The summed E-state index contributed by atoms with van der Waals surface area (Å²) in [5.74, 6) is 1.25. The summed E-state index contributed by atoms with van der Waals surface area (Å²) in [5.41, 5.74) is 0.792. The summed E-state index contributed by atoms with van der Waals surface area (Å²) in [7, 11) is 6.50. The molecule has 1 heterocycles. The number of ether oxygens (including phenoxy) is 3. The van der Waals surface area contributed by atoms with Gasteiger partial charge in [0.25, 0.3) is 0 Å². The summed E-state index contributed by atoms with van der Waals surface area (Å²) >= 11 is 0. The zero-order valence-electron chi connectivity index (χ0n) is 19.6. The fourth-order valence-corrected chi connectivity index (χ4v) is 3.92. The van der Waals surface area contributed by atoms with Gasteiger partial charge in [0, 0.05) is 39.0 Å². The molecule has 30 heavy (non-hydrogen) atoms. The van der Waals surface area contributed by atoms with Crippen molar-refractivity contribution >= 4 is 11.8 Å². The summed E-state index contributed by atoms with van der Waals surface area (Å²) in [6.07, 6.45) is 0.444. The molecule has 168 valence electrons. The van der Waals surface area contributed by atoms with Crippen molar-refractivity contribution in [1.29, 1.82) is 0 Å². The van der Waals surface area contributed by atoms with Crippen LogP contribution >= 0.6 is 0 Å². The number of amides is 2. The van der Waals surface area contributed by atoms with Crippen LogP contribution in [-0.4, -0.2) is 69.6 Å². The summed E-state index contributed by atoms with van der Waals surface area (Å²) in [6.45, 7) is 9.61. The number of carbonyl (C=O) groups is 2. The van der Waals surface area contributed by atoms with Gasteiger partial charge in [-0.25, -0.2) is 0 Å². The van der Waals surface area contributed by atoms with Crippen molar-refractivity contribution < 1.29 is 23.8 Å². The maximum Gasteiger partial charge on any atom is 0.227 e. The van der Waals surface area contributed by atoms with Gasteiger partial charge in [0.05, 0.1) is 27.2 Å². The van der Waals surface area contributed by atoms with Crippen LogP contribution in [-0.2, 0) is 9.59 Å². The molecule has 7 nitrogen and oxygen atoms in total. The van der Waals surface area contributed by atoms with Crippen molar-refractivity contribution in [1.82, 2.24) is 9.80 Å². The van der Waals surface area contributed by atoms with Gasteiger partial charge in [0.1, 0.15) is 0 Å². The molecule has 1 saturated heterocycles. The molecule has 0 saturated carbocycles. The molecule has 1 aliphatic rings. The third-order valence-electron chi connectivity index (χ3n) is 5.64. The number of carbonyl (C=O) groups excluding carboxylic acids is 2. The minimum atomic E-state index is -0.318. The average Bonchev–Trinajstić information content (AvgIpc) is 3.15. The zero-order chi connectivity index (χ0) is 22.6. The van der Waals surface area contributed by atoms with E-state index >= 15 is 0 Å². The molecule has 1 aliphatic heterocycles. The lowest BCUT2D eigenvalue weighted by atomic mass is 9.87. The standard InChI is InChI=1S/C23H36N2O5/c1-9-24(5)22(27)17-14-25(20(26)12-23(2,3)4)13-16(17)15-10-18(28-6)21(30-8)19(11-15)29-7/h10-11,16-17H,9,12-14H2,1-8H3/t16-,17+/m1/s1. The molecule has 1 fully saturated rings. The van der Waals surface area contributed by atoms with Crippen LogP contribution in [0.25, 0.3) is 0 Å². The fraction of sp³-hybridized carbons (Fsp3) is 0.652. The Morgan fingerprint density at radius 2 is 1.63 bits per heavy atom. The molecule has 2 amide bonds. The van der Waals surface area contributed by atoms with Crippen molar-refractivity contribution in [2.75, 3.05) is 48.0 Å². The van der Waals surface area contributed by atoms with E-state index < -0.39 is 0 Å². The van der Waals surface area contributed by atoms with Crippen LogP contribution in [0.3, 0.4) is 0 Å². The highest BCUT2D eigenvalue weighted by molar-refractivity contribution is 5.83. The summed E-state index contributed by atoms with van der Waals surface area (Å²) in [6, 6.07) is 3.77. The zero-order valence-corrected chi connectivity index (χ0v) is 19.6. The largest absolute Gasteiger partial charge is 0.493 e. The van der Waals surface area contributed by atoms with E-state index in [9.17, 15) is 9.59 Å². The summed E-state index contributed by atoms with van der Waals surface area (Å²) < 4.78 is 16.4. The Hall–Kier alpha value is -2.44. The van der Waals surface area contributed by atoms with Gasteiger partial charge >= 0.3 is 0 Å². The Balaban J connectivity index is 2.45. The van der Waals surface area contributed by atoms with Crippen LogP contribution in [0, 0.1) is 11.3 Å². The predicted octanol–water partition coefficient (Wildman–Crippen LogP) is 3.17. The molecule has 7 heteroatoms. The third-order valence-corrected chi connectivity index (χ3v) is 5.64. The molecule has 0 aliphatic carbocycles. The molecule has 1 aromatic rings. The first-order valence-electron chi connectivity index (χ1n) is 10.4. The quantitative estimate of drug-likeness (QED) is 0.678. The van der Waals surface area contributed by atoms with E-state index in [4.69, 9.17) is 14.2 Å². The van der Waals surface area contributed by atoms with E-state index in [0.29, 0.717) is 43.3 Å². The van der Waals surface area contributed by atoms with Crippen LogP contribution in [0.1, 0.15) is 45.6 Å². The lowest BCUT2D eigenvalue weighted by Crippen LogP contribution is -2.37. The highest BCUT2D eigenvalue weighted by Crippen LogP contribution is 2.43. The van der Waals surface area contributed by atoms with Crippen LogP contribution in [0.5, 0.6) is 17.2 Å². The number of methoxy groups -OCH3 is 3. The molecule has 1 aromatic carbocycles. The number of benzene rings is 1. The van der Waals surface area contributed by atoms with E-state index in [2.05, 4.69) is 0 Å². The number of nitrogens with zero attached hydrogens (tertiary/aromatic N) is 2. The second-order valence-corrected chi connectivity index (χ2v) is 9.06. The van der Waals surface area contributed by atoms with E-state index in [-0.39, 0.29) is 29.1 Å². The molecule has 2 atom stereocenters. The number of rotatable bonds is 7. The number of hydrogen-bond donors (Lipinski definition) is 0. The monoisotopic (exact) mass is 420 g/mol. The molecule has 0 bridgehead atoms. The summed E-state index contributed by atoms with van der Waals surface area (Å²) in [4.78, 5) is 29.6. The normalized spacial score (nSPS) is 18.9. The Bertz CT molecular complexity index is 746.